The molecule has 0 unspecified atom stereocenters. The number of benzene rings is 2. The van der Waals surface area contributed by atoms with Crippen LogP contribution >= 0.6 is 0 Å². The minimum atomic E-state index is 0.219. The van der Waals surface area contributed by atoms with Gasteiger partial charge < -0.3 is 9.47 Å². The Morgan fingerprint density at radius 2 is 1.77 bits per heavy atom. The van der Waals surface area contributed by atoms with E-state index in [1.54, 1.807) is 16.9 Å². The number of nitriles is 1. The first-order valence-corrected chi connectivity index (χ1v) is 9.48. The zero-order valence-corrected chi connectivity index (χ0v) is 16.2. The van der Waals surface area contributed by atoms with Gasteiger partial charge in [-0.2, -0.15) is 20.3 Å². The lowest BCUT2D eigenvalue weighted by atomic mass is 10.1. The maximum atomic E-state index is 8.99. The molecule has 0 fully saturated rings. The van der Waals surface area contributed by atoms with Gasteiger partial charge in [-0.15, -0.1) is 0 Å². The molecule has 7 heteroatoms. The summed E-state index contributed by atoms with van der Waals surface area (Å²) in [5.41, 5.74) is 5.59. The maximum Gasteiger partial charge on any atom is 0.231 e. The van der Waals surface area contributed by atoms with Crippen molar-refractivity contribution in [2.75, 3.05) is 6.79 Å². The van der Waals surface area contributed by atoms with E-state index >= 15 is 0 Å². The number of fused-ring (bicyclic) bond motifs is 1. The lowest BCUT2D eigenvalue weighted by Gasteiger charge is -2.03. The van der Waals surface area contributed by atoms with E-state index in [1.165, 1.54) is 0 Å². The summed E-state index contributed by atoms with van der Waals surface area (Å²) in [4.78, 5) is 6.29. The second kappa shape index (κ2) is 7.33. The Kier molecular flexibility index (Phi) is 4.37. The Hall–Kier alpha value is -4.18. The first-order chi connectivity index (χ1) is 14.7. The molecule has 0 N–H and O–H groups in total. The minimum absolute atomic E-state index is 0.219. The molecular weight excluding hydrogens is 378 g/mol. The molecule has 2 aromatic heterocycles. The average molecular weight is 395 g/mol. The van der Waals surface area contributed by atoms with Gasteiger partial charge in [-0.25, -0.2) is 0 Å². The highest BCUT2D eigenvalue weighted by atomic mass is 16.7. The molecule has 30 heavy (non-hydrogen) atoms. The Labute approximate surface area is 173 Å². The monoisotopic (exact) mass is 395 g/mol. The third kappa shape index (κ3) is 3.35. The third-order valence-electron chi connectivity index (χ3n) is 4.84. The third-order valence-corrected chi connectivity index (χ3v) is 4.84. The van der Waals surface area contributed by atoms with E-state index in [-0.39, 0.29) is 6.79 Å². The second-order valence-electron chi connectivity index (χ2n) is 6.97. The number of aryl methyl sites for hydroxylation is 1. The van der Waals surface area contributed by atoms with Gasteiger partial charge in [-0.05, 0) is 55.0 Å². The molecule has 0 atom stereocenters. The largest absolute Gasteiger partial charge is 0.454 e. The fraction of sp³-hybridized carbons (Fsp3) is 0.130. The first-order valence-electron chi connectivity index (χ1n) is 9.48. The van der Waals surface area contributed by atoms with E-state index in [9.17, 15) is 0 Å². The van der Waals surface area contributed by atoms with Gasteiger partial charge in [-0.3, -0.25) is 4.98 Å². The van der Waals surface area contributed by atoms with Gasteiger partial charge in [0.15, 0.2) is 11.5 Å². The molecule has 0 saturated carbocycles. The van der Waals surface area contributed by atoms with Crippen LogP contribution in [0.25, 0.3) is 22.6 Å². The van der Waals surface area contributed by atoms with E-state index in [4.69, 9.17) is 24.9 Å². The van der Waals surface area contributed by atoms with Crippen molar-refractivity contribution in [3.63, 3.8) is 0 Å². The lowest BCUT2D eigenvalue weighted by Crippen LogP contribution is -2.04. The number of hydrogen-bond donors (Lipinski definition) is 0. The molecule has 146 valence electrons. The minimum Gasteiger partial charge on any atom is -0.454 e. The standard InChI is InChI=1S/C23H17N5O2/c1-15-3-2-4-19(25-15)23-22(18-9-10-20-21(11-18)30-14-29-20)26-28(27-23)13-17-7-5-16(12-24)6-8-17/h2-11H,13-14H2,1H3. The van der Waals surface area contributed by atoms with Crippen LogP contribution in [0.3, 0.4) is 0 Å². The van der Waals surface area contributed by atoms with Crippen LogP contribution in [-0.4, -0.2) is 26.8 Å². The van der Waals surface area contributed by atoms with Crippen molar-refractivity contribution in [3.05, 3.63) is 77.5 Å². The van der Waals surface area contributed by atoms with Crippen molar-refractivity contribution in [1.82, 2.24) is 20.0 Å². The number of pyridine rings is 1. The van der Waals surface area contributed by atoms with Crippen molar-refractivity contribution >= 4 is 0 Å². The molecule has 0 saturated heterocycles. The highest BCUT2D eigenvalue weighted by molar-refractivity contribution is 5.77. The maximum absolute atomic E-state index is 8.99. The van der Waals surface area contributed by atoms with E-state index in [0.29, 0.717) is 23.6 Å². The van der Waals surface area contributed by atoms with Crippen LogP contribution in [0.2, 0.25) is 0 Å². The summed E-state index contributed by atoms with van der Waals surface area (Å²) in [7, 11) is 0. The molecule has 0 aliphatic carbocycles. The fourth-order valence-corrected chi connectivity index (χ4v) is 3.35. The van der Waals surface area contributed by atoms with E-state index in [2.05, 4.69) is 11.1 Å². The average Bonchev–Trinajstić information content (AvgIpc) is 3.40. The Balaban J connectivity index is 1.58. The van der Waals surface area contributed by atoms with E-state index in [0.717, 1.165) is 34.0 Å². The van der Waals surface area contributed by atoms with Crippen molar-refractivity contribution in [2.45, 2.75) is 13.5 Å². The summed E-state index contributed by atoms with van der Waals surface area (Å²) in [5, 5.41) is 18.5. The van der Waals surface area contributed by atoms with Crippen molar-refractivity contribution in [2.24, 2.45) is 0 Å². The molecule has 3 heterocycles. The van der Waals surface area contributed by atoms with Crippen molar-refractivity contribution in [3.8, 4) is 40.2 Å². The van der Waals surface area contributed by atoms with Crippen LogP contribution in [0, 0.1) is 18.3 Å². The predicted octanol–water partition coefficient (Wildman–Crippen LogP) is 3.96. The van der Waals surface area contributed by atoms with Gasteiger partial charge in [0.1, 0.15) is 11.4 Å². The van der Waals surface area contributed by atoms with E-state index < -0.39 is 0 Å². The van der Waals surface area contributed by atoms with Gasteiger partial charge in [0.25, 0.3) is 0 Å². The highest BCUT2D eigenvalue weighted by Gasteiger charge is 2.20. The Bertz CT molecular complexity index is 1270. The molecule has 1 aliphatic heterocycles. The summed E-state index contributed by atoms with van der Waals surface area (Å²) in [6, 6.07) is 21.1. The van der Waals surface area contributed by atoms with E-state index in [1.807, 2.05) is 55.5 Å². The molecule has 0 amide bonds. The predicted molar refractivity (Wildman–Crippen MR) is 110 cm³/mol. The molecule has 2 aromatic carbocycles. The number of hydrogen-bond acceptors (Lipinski definition) is 6. The van der Waals surface area contributed by atoms with Crippen molar-refractivity contribution in [1.29, 1.82) is 5.26 Å². The normalized spacial score (nSPS) is 12.0. The summed E-state index contributed by atoms with van der Waals surface area (Å²) in [6.45, 7) is 2.65. The topological polar surface area (TPSA) is 85.9 Å². The molecule has 5 rings (SSSR count). The smallest absolute Gasteiger partial charge is 0.231 e. The van der Waals surface area contributed by atoms with Crippen LogP contribution in [-0.2, 0) is 6.54 Å². The summed E-state index contributed by atoms with van der Waals surface area (Å²) in [5.74, 6) is 1.41. The Morgan fingerprint density at radius 1 is 0.967 bits per heavy atom. The molecular formula is C23H17N5O2. The zero-order valence-electron chi connectivity index (χ0n) is 16.2. The number of aromatic nitrogens is 4. The van der Waals surface area contributed by atoms with Crippen LogP contribution < -0.4 is 9.47 Å². The quantitative estimate of drug-likeness (QED) is 0.520. The number of nitrogens with zero attached hydrogens (tertiary/aromatic N) is 5. The molecule has 4 aromatic rings. The van der Waals surface area contributed by atoms with Crippen molar-refractivity contribution < 1.29 is 9.47 Å². The first kappa shape index (κ1) is 17.9. The summed E-state index contributed by atoms with van der Waals surface area (Å²) < 4.78 is 11.0. The van der Waals surface area contributed by atoms with Crippen LogP contribution in [0.4, 0.5) is 0 Å². The number of rotatable bonds is 4. The van der Waals surface area contributed by atoms with Crippen LogP contribution in [0.1, 0.15) is 16.8 Å². The number of ether oxygens (including phenoxy) is 2. The second-order valence-corrected chi connectivity index (χ2v) is 6.97. The molecule has 0 radical (unpaired) electrons. The van der Waals surface area contributed by atoms with Gasteiger partial charge >= 0.3 is 0 Å². The van der Waals surface area contributed by atoms with Gasteiger partial charge in [0, 0.05) is 11.3 Å². The Morgan fingerprint density at radius 3 is 2.57 bits per heavy atom. The van der Waals surface area contributed by atoms with Crippen LogP contribution in [0.5, 0.6) is 11.5 Å². The summed E-state index contributed by atoms with van der Waals surface area (Å²) in [6.07, 6.45) is 0. The molecule has 0 spiro atoms. The van der Waals surface area contributed by atoms with Gasteiger partial charge in [-0.1, -0.05) is 18.2 Å². The molecule has 7 nitrogen and oxygen atoms in total. The zero-order chi connectivity index (χ0) is 20.5. The highest BCUT2D eigenvalue weighted by Crippen LogP contribution is 2.37. The summed E-state index contributed by atoms with van der Waals surface area (Å²) >= 11 is 0. The fourth-order valence-electron chi connectivity index (χ4n) is 3.35. The van der Waals surface area contributed by atoms with Gasteiger partial charge in [0.2, 0.25) is 6.79 Å². The van der Waals surface area contributed by atoms with Crippen LogP contribution in [0.15, 0.2) is 60.7 Å². The SMILES string of the molecule is Cc1cccc(-c2nn(Cc3ccc(C#N)cc3)nc2-c2ccc3c(c2)OCO3)n1. The molecule has 0 bridgehead atoms. The lowest BCUT2D eigenvalue weighted by molar-refractivity contribution is 0.174. The molecule has 1 aliphatic rings. The van der Waals surface area contributed by atoms with Gasteiger partial charge in [0.05, 0.1) is 23.9 Å².